The molecule has 0 spiro atoms. The lowest BCUT2D eigenvalue weighted by Crippen LogP contribution is -2.50. The van der Waals surface area contributed by atoms with Crippen LogP contribution in [-0.2, 0) is 27.2 Å². The van der Waals surface area contributed by atoms with Crippen LogP contribution in [0, 0.1) is 0 Å². The zero-order valence-corrected chi connectivity index (χ0v) is 23.5. The molecule has 4 rings (SSSR count). The van der Waals surface area contributed by atoms with Crippen LogP contribution in [0.15, 0.2) is 54.6 Å². The standard InChI is InChI=1S/C29H29Cl2N5O5/c30-21-13-19(17-5-2-1-3-6-17)14-22(31)26(21)28(39)36-23(29(40)41)15-33-25(38)16-34-24(37)11-10-20-9-8-18-7-4-12-32-27(18)35-20/h1-3,5-6,8-9,13-14,23H,4,7,10-12,15-16H2,(H,32,35)(H,33,38)(H,34,37)(H,36,39)(H,40,41)/t23-/m1/s1. The number of nitrogens with zero attached hydrogens (tertiary/aromatic N) is 1. The number of carboxylic acids is 1. The van der Waals surface area contributed by atoms with Crippen LogP contribution in [0.1, 0.15) is 34.5 Å². The first-order valence-electron chi connectivity index (χ1n) is 13.1. The van der Waals surface area contributed by atoms with Crippen molar-refractivity contribution >= 4 is 52.7 Å². The number of nitrogens with one attached hydrogen (secondary N) is 4. The molecule has 0 radical (unpaired) electrons. The van der Waals surface area contributed by atoms with Gasteiger partial charge in [-0.1, -0.05) is 59.6 Å². The summed E-state index contributed by atoms with van der Waals surface area (Å²) in [4.78, 5) is 53.6. The molecular formula is C29H29Cl2N5O5. The molecule has 0 saturated heterocycles. The predicted molar refractivity (Wildman–Crippen MR) is 156 cm³/mol. The summed E-state index contributed by atoms with van der Waals surface area (Å²) in [7, 11) is 0. The van der Waals surface area contributed by atoms with Crippen molar-refractivity contribution in [2.24, 2.45) is 0 Å². The Kier molecular flexibility index (Phi) is 10.2. The Morgan fingerprint density at radius 1 is 0.951 bits per heavy atom. The molecular weight excluding hydrogens is 569 g/mol. The molecule has 41 heavy (non-hydrogen) atoms. The van der Waals surface area contributed by atoms with Gasteiger partial charge in [0.25, 0.3) is 5.91 Å². The average Bonchev–Trinajstić information content (AvgIpc) is 2.96. The van der Waals surface area contributed by atoms with E-state index in [9.17, 15) is 24.3 Å². The highest BCUT2D eigenvalue weighted by Gasteiger charge is 2.25. The van der Waals surface area contributed by atoms with Gasteiger partial charge in [-0.2, -0.15) is 0 Å². The smallest absolute Gasteiger partial charge is 0.328 e. The quantitative estimate of drug-likeness (QED) is 0.227. The molecule has 3 amide bonds. The molecule has 5 N–H and O–H groups in total. The second kappa shape index (κ2) is 14.0. The molecule has 0 unspecified atom stereocenters. The Labute approximate surface area is 246 Å². The van der Waals surface area contributed by atoms with Crippen molar-refractivity contribution < 1.29 is 24.3 Å². The Morgan fingerprint density at radius 2 is 1.68 bits per heavy atom. The minimum atomic E-state index is -1.47. The molecule has 2 aromatic carbocycles. The molecule has 0 fully saturated rings. The second-order valence-electron chi connectivity index (χ2n) is 9.47. The molecule has 10 nitrogen and oxygen atoms in total. The number of halogens is 2. The fourth-order valence-corrected chi connectivity index (χ4v) is 4.97. The van der Waals surface area contributed by atoms with Crippen LogP contribution < -0.4 is 21.3 Å². The molecule has 2 heterocycles. The first-order chi connectivity index (χ1) is 19.7. The monoisotopic (exact) mass is 597 g/mol. The number of carbonyl (C=O) groups excluding carboxylic acids is 3. The third-order valence-corrected chi connectivity index (χ3v) is 7.09. The van der Waals surface area contributed by atoms with Crippen LogP contribution in [0.5, 0.6) is 0 Å². The molecule has 12 heteroatoms. The molecule has 3 aromatic rings. The SMILES string of the molecule is O=C(CCc1ccc2c(n1)NCCC2)NCC(=O)NC[C@@H](NC(=O)c1c(Cl)cc(-c2ccccc2)cc1Cl)C(=O)O. The molecule has 0 aliphatic carbocycles. The van der Waals surface area contributed by atoms with Gasteiger partial charge < -0.3 is 26.4 Å². The number of hydrogen-bond acceptors (Lipinski definition) is 6. The maximum absolute atomic E-state index is 12.9. The van der Waals surface area contributed by atoms with E-state index in [0.29, 0.717) is 12.0 Å². The summed E-state index contributed by atoms with van der Waals surface area (Å²) in [5.41, 5.74) is 3.38. The Hall–Kier alpha value is -4.15. The van der Waals surface area contributed by atoms with Crippen molar-refractivity contribution in [3.8, 4) is 11.1 Å². The van der Waals surface area contributed by atoms with E-state index in [1.54, 1.807) is 12.1 Å². The zero-order chi connectivity index (χ0) is 29.4. The summed E-state index contributed by atoms with van der Waals surface area (Å²) in [6.45, 7) is 0.102. The number of carboxylic acid groups (broad SMARTS) is 1. The normalized spacial score (nSPS) is 12.8. The molecule has 0 saturated carbocycles. The van der Waals surface area contributed by atoms with Gasteiger partial charge in [0.2, 0.25) is 11.8 Å². The fourth-order valence-electron chi connectivity index (χ4n) is 4.31. The van der Waals surface area contributed by atoms with Gasteiger partial charge in [0, 0.05) is 25.2 Å². The summed E-state index contributed by atoms with van der Waals surface area (Å²) in [6, 6.07) is 14.8. The molecule has 0 bridgehead atoms. The molecule has 1 aliphatic heterocycles. The molecule has 1 atom stereocenters. The number of fused-ring (bicyclic) bond motifs is 1. The van der Waals surface area contributed by atoms with E-state index in [4.69, 9.17) is 23.2 Å². The predicted octanol–water partition coefficient (Wildman–Crippen LogP) is 3.46. The lowest BCUT2D eigenvalue weighted by molar-refractivity contribution is -0.139. The number of benzene rings is 2. The third-order valence-electron chi connectivity index (χ3n) is 6.49. The number of carbonyl (C=O) groups is 4. The maximum Gasteiger partial charge on any atom is 0.328 e. The summed E-state index contributed by atoms with van der Waals surface area (Å²) in [5.74, 6) is -2.29. The number of rotatable bonds is 11. The number of hydrogen-bond donors (Lipinski definition) is 5. The topological polar surface area (TPSA) is 150 Å². The highest BCUT2D eigenvalue weighted by atomic mass is 35.5. The van der Waals surface area contributed by atoms with E-state index in [1.807, 2.05) is 42.5 Å². The van der Waals surface area contributed by atoms with Crippen molar-refractivity contribution in [3.63, 3.8) is 0 Å². The highest BCUT2D eigenvalue weighted by molar-refractivity contribution is 6.40. The van der Waals surface area contributed by atoms with Crippen LogP contribution >= 0.6 is 23.2 Å². The van der Waals surface area contributed by atoms with Crippen molar-refractivity contribution in [1.82, 2.24) is 20.9 Å². The van der Waals surface area contributed by atoms with Crippen LogP contribution in [-0.4, -0.2) is 59.5 Å². The molecule has 1 aromatic heterocycles. The number of aryl methyl sites for hydroxylation is 2. The Morgan fingerprint density at radius 3 is 2.39 bits per heavy atom. The third kappa shape index (κ3) is 8.18. The zero-order valence-electron chi connectivity index (χ0n) is 22.0. The minimum absolute atomic E-state index is 0.0478. The van der Waals surface area contributed by atoms with Crippen molar-refractivity contribution in [2.75, 3.05) is 25.0 Å². The van der Waals surface area contributed by atoms with E-state index in [0.717, 1.165) is 42.0 Å². The number of pyridine rings is 1. The summed E-state index contributed by atoms with van der Waals surface area (Å²) in [6.07, 6.45) is 2.58. The number of aromatic nitrogens is 1. The fraction of sp³-hybridized carbons (Fsp3) is 0.276. The van der Waals surface area contributed by atoms with Crippen LogP contribution in [0.4, 0.5) is 5.82 Å². The lowest BCUT2D eigenvalue weighted by atomic mass is 10.0. The second-order valence-corrected chi connectivity index (χ2v) is 10.3. The van der Waals surface area contributed by atoms with Crippen molar-refractivity contribution in [1.29, 1.82) is 0 Å². The Bertz CT molecular complexity index is 1430. The summed E-state index contributed by atoms with van der Waals surface area (Å²) in [5, 5.41) is 20.2. The summed E-state index contributed by atoms with van der Waals surface area (Å²) >= 11 is 12.7. The first-order valence-corrected chi connectivity index (χ1v) is 13.8. The van der Waals surface area contributed by atoms with Gasteiger partial charge in [0.15, 0.2) is 0 Å². The summed E-state index contributed by atoms with van der Waals surface area (Å²) < 4.78 is 0. The van der Waals surface area contributed by atoms with Crippen LogP contribution in [0.3, 0.4) is 0 Å². The van der Waals surface area contributed by atoms with E-state index in [-0.39, 0.29) is 34.5 Å². The van der Waals surface area contributed by atoms with Crippen molar-refractivity contribution in [2.45, 2.75) is 31.7 Å². The number of anilines is 1. The van der Waals surface area contributed by atoms with Gasteiger partial charge in [0.05, 0.1) is 22.2 Å². The van der Waals surface area contributed by atoms with Crippen LogP contribution in [0.2, 0.25) is 10.0 Å². The van der Waals surface area contributed by atoms with E-state index in [1.165, 1.54) is 0 Å². The molecule has 1 aliphatic rings. The van der Waals surface area contributed by atoms with Crippen LogP contribution in [0.25, 0.3) is 11.1 Å². The van der Waals surface area contributed by atoms with Gasteiger partial charge in [-0.25, -0.2) is 9.78 Å². The van der Waals surface area contributed by atoms with Gasteiger partial charge in [-0.15, -0.1) is 0 Å². The number of aliphatic carboxylic acids is 1. The van der Waals surface area contributed by atoms with Gasteiger partial charge in [0.1, 0.15) is 11.9 Å². The van der Waals surface area contributed by atoms with Gasteiger partial charge in [-0.05, 0) is 54.2 Å². The maximum atomic E-state index is 12.9. The molecule has 214 valence electrons. The number of amides is 3. The average molecular weight is 598 g/mol. The van der Waals surface area contributed by atoms with E-state index < -0.39 is 30.4 Å². The van der Waals surface area contributed by atoms with Crippen molar-refractivity contribution in [3.05, 3.63) is 81.5 Å². The van der Waals surface area contributed by atoms with E-state index >= 15 is 0 Å². The Balaban J connectivity index is 1.25. The van der Waals surface area contributed by atoms with Gasteiger partial charge in [-0.3, -0.25) is 14.4 Å². The highest BCUT2D eigenvalue weighted by Crippen LogP contribution is 2.31. The first kappa shape index (κ1) is 29.8. The lowest BCUT2D eigenvalue weighted by Gasteiger charge is -2.17. The largest absolute Gasteiger partial charge is 0.480 e. The minimum Gasteiger partial charge on any atom is -0.480 e. The van der Waals surface area contributed by atoms with Gasteiger partial charge >= 0.3 is 5.97 Å². The van der Waals surface area contributed by atoms with E-state index in [2.05, 4.69) is 26.3 Å².